The van der Waals surface area contributed by atoms with Gasteiger partial charge in [0, 0.05) is 23.1 Å². The summed E-state index contributed by atoms with van der Waals surface area (Å²) in [7, 11) is 1.49. The van der Waals surface area contributed by atoms with E-state index in [4.69, 9.17) is 9.15 Å². The summed E-state index contributed by atoms with van der Waals surface area (Å²) in [5.74, 6) is 0.442. The lowest BCUT2D eigenvalue weighted by Crippen LogP contribution is -2.02. The second-order valence-electron chi connectivity index (χ2n) is 4.55. The molecule has 0 aliphatic rings. The number of benzene rings is 2. The van der Waals surface area contributed by atoms with Crippen LogP contribution >= 0.6 is 0 Å². The number of aromatic hydroxyl groups is 2. The Hall–Kier alpha value is -2.95. The lowest BCUT2D eigenvalue weighted by molar-refractivity contribution is 0.408. The number of hydrogen-bond donors (Lipinski definition) is 2. The summed E-state index contributed by atoms with van der Waals surface area (Å²) in [6.45, 7) is 0. The van der Waals surface area contributed by atoms with Crippen molar-refractivity contribution in [1.29, 1.82) is 0 Å². The Morgan fingerprint density at radius 1 is 1.00 bits per heavy atom. The van der Waals surface area contributed by atoms with Gasteiger partial charge < -0.3 is 19.4 Å². The molecule has 3 rings (SSSR count). The quantitative estimate of drug-likeness (QED) is 0.707. The fraction of sp³-hybridized carbons (Fsp3) is 0.0625. The molecule has 2 N–H and O–H groups in total. The first kappa shape index (κ1) is 13.1. The zero-order valence-electron chi connectivity index (χ0n) is 11.2. The Labute approximate surface area is 119 Å². The van der Waals surface area contributed by atoms with Crippen molar-refractivity contribution in [3.8, 4) is 28.4 Å². The molecular weight excluding hydrogens is 272 g/mol. The van der Waals surface area contributed by atoms with E-state index in [0.717, 1.165) is 0 Å². The summed E-state index contributed by atoms with van der Waals surface area (Å²) >= 11 is 0. The predicted molar refractivity (Wildman–Crippen MR) is 77.8 cm³/mol. The number of phenols is 2. The minimum Gasteiger partial charge on any atom is -0.508 e. The summed E-state index contributed by atoms with van der Waals surface area (Å²) in [6, 6.07) is 10.8. The van der Waals surface area contributed by atoms with E-state index in [1.54, 1.807) is 24.3 Å². The highest BCUT2D eigenvalue weighted by Gasteiger charge is 2.12. The van der Waals surface area contributed by atoms with Crippen LogP contribution in [0.3, 0.4) is 0 Å². The van der Waals surface area contributed by atoms with Crippen molar-refractivity contribution in [3.63, 3.8) is 0 Å². The van der Waals surface area contributed by atoms with Crippen LogP contribution < -0.4 is 10.4 Å². The number of methoxy groups -OCH3 is 1. The molecule has 0 radical (unpaired) electrons. The Balaban J connectivity index is 2.23. The first-order valence-corrected chi connectivity index (χ1v) is 6.23. The van der Waals surface area contributed by atoms with Gasteiger partial charge in [0.15, 0.2) is 0 Å². The van der Waals surface area contributed by atoms with Gasteiger partial charge in [0.2, 0.25) is 0 Å². The van der Waals surface area contributed by atoms with Gasteiger partial charge in [-0.25, -0.2) is 4.79 Å². The van der Waals surface area contributed by atoms with E-state index >= 15 is 0 Å². The van der Waals surface area contributed by atoms with Crippen LogP contribution in [0.5, 0.6) is 17.2 Å². The maximum Gasteiger partial charge on any atom is 0.344 e. The standard InChI is InChI=1S/C16H12O5/c1-20-11-4-5-12(14(18)8-11)13-6-9-2-3-10(17)7-15(9)21-16(13)19/h2-8,17-18H,1H3. The highest BCUT2D eigenvalue weighted by atomic mass is 16.5. The van der Waals surface area contributed by atoms with Crippen molar-refractivity contribution < 1.29 is 19.4 Å². The van der Waals surface area contributed by atoms with Crippen LogP contribution in [0.25, 0.3) is 22.1 Å². The second kappa shape index (κ2) is 4.86. The van der Waals surface area contributed by atoms with Crippen LogP contribution in [-0.2, 0) is 0 Å². The molecule has 0 aliphatic carbocycles. The molecule has 0 saturated heterocycles. The van der Waals surface area contributed by atoms with E-state index in [-0.39, 0.29) is 22.6 Å². The lowest BCUT2D eigenvalue weighted by atomic mass is 10.0. The SMILES string of the molecule is COc1ccc(-c2cc3ccc(O)cc3oc2=O)c(O)c1. The van der Waals surface area contributed by atoms with Gasteiger partial charge in [0.1, 0.15) is 22.8 Å². The zero-order chi connectivity index (χ0) is 15.0. The van der Waals surface area contributed by atoms with Gasteiger partial charge in [0.25, 0.3) is 0 Å². The van der Waals surface area contributed by atoms with Crippen LogP contribution in [-0.4, -0.2) is 17.3 Å². The molecule has 5 nitrogen and oxygen atoms in total. The summed E-state index contributed by atoms with van der Waals surface area (Å²) in [6.07, 6.45) is 0. The van der Waals surface area contributed by atoms with Gasteiger partial charge in [0.05, 0.1) is 12.7 Å². The molecule has 21 heavy (non-hydrogen) atoms. The molecule has 0 bridgehead atoms. The number of rotatable bonds is 2. The average molecular weight is 284 g/mol. The maximum absolute atomic E-state index is 12.1. The largest absolute Gasteiger partial charge is 0.508 e. The van der Waals surface area contributed by atoms with Crippen LogP contribution in [0.2, 0.25) is 0 Å². The fourth-order valence-corrected chi connectivity index (χ4v) is 2.15. The summed E-state index contributed by atoms with van der Waals surface area (Å²) < 4.78 is 10.2. The molecule has 0 aliphatic heterocycles. The first-order valence-electron chi connectivity index (χ1n) is 6.23. The van der Waals surface area contributed by atoms with Crippen LogP contribution in [0.4, 0.5) is 0 Å². The smallest absolute Gasteiger partial charge is 0.344 e. The number of hydrogen-bond acceptors (Lipinski definition) is 5. The number of fused-ring (bicyclic) bond motifs is 1. The fourth-order valence-electron chi connectivity index (χ4n) is 2.15. The van der Waals surface area contributed by atoms with Gasteiger partial charge in [-0.3, -0.25) is 0 Å². The maximum atomic E-state index is 12.1. The van der Waals surface area contributed by atoms with Crippen molar-refractivity contribution in [2.45, 2.75) is 0 Å². The Morgan fingerprint density at radius 3 is 2.52 bits per heavy atom. The normalized spacial score (nSPS) is 10.7. The number of phenolic OH excluding ortho intramolecular Hbond substituents is 2. The highest BCUT2D eigenvalue weighted by molar-refractivity contribution is 5.84. The summed E-state index contributed by atoms with van der Waals surface area (Å²) in [4.78, 5) is 12.1. The molecule has 3 aromatic rings. The monoisotopic (exact) mass is 284 g/mol. The van der Waals surface area contributed by atoms with Crippen molar-refractivity contribution in [2.24, 2.45) is 0 Å². The van der Waals surface area contributed by atoms with E-state index in [9.17, 15) is 15.0 Å². The van der Waals surface area contributed by atoms with Gasteiger partial charge >= 0.3 is 5.63 Å². The van der Waals surface area contributed by atoms with Gasteiger partial charge in [-0.15, -0.1) is 0 Å². The van der Waals surface area contributed by atoms with E-state index in [0.29, 0.717) is 16.7 Å². The summed E-state index contributed by atoms with van der Waals surface area (Å²) in [5, 5.41) is 20.1. The van der Waals surface area contributed by atoms with Crippen LogP contribution in [0.1, 0.15) is 0 Å². The molecule has 106 valence electrons. The second-order valence-corrected chi connectivity index (χ2v) is 4.55. The third-order valence-electron chi connectivity index (χ3n) is 3.21. The molecule has 0 spiro atoms. The molecule has 0 saturated carbocycles. The van der Waals surface area contributed by atoms with E-state index in [1.807, 2.05) is 0 Å². The topological polar surface area (TPSA) is 79.9 Å². The van der Waals surface area contributed by atoms with Crippen molar-refractivity contribution in [3.05, 3.63) is 52.9 Å². The molecule has 0 amide bonds. The third kappa shape index (κ3) is 2.29. The molecular formula is C16H12O5. The summed E-state index contributed by atoms with van der Waals surface area (Å²) in [5.41, 5.74) is 0.304. The highest BCUT2D eigenvalue weighted by Crippen LogP contribution is 2.32. The van der Waals surface area contributed by atoms with Crippen LogP contribution in [0.15, 0.2) is 51.7 Å². The van der Waals surface area contributed by atoms with E-state index in [2.05, 4.69) is 0 Å². The average Bonchev–Trinajstić information content (AvgIpc) is 2.46. The molecule has 1 heterocycles. The van der Waals surface area contributed by atoms with Crippen LogP contribution in [0, 0.1) is 0 Å². The molecule has 2 aromatic carbocycles. The lowest BCUT2D eigenvalue weighted by Gasteiger charge is -2.07. The van der Waals surface area contributed by atoms with Gasteiger partial charge in [-0.05, 0) is 30.3 Å². The minimum atomic E-state index is -0.589. The minimum absolute atomic E-state index is 0.0192. The third-order valence-corrected chi connectivity index (χ3v) is 3.21. The molecule has 0 atom stereocenters. The first-order chi connectivity index (χ1) is 10.1. The Morgan fingerprint density at radius 2 is 1.81 bits per heavy atom. The van der Waals surface area contributed by atoms with Crippen molar-refractivity contribution in [2.75, 3.05) is 7.11 Å². The van der Waals surface area contributed by atoms with Crippen molar-refractivity contribution in [1.82, 2.24) is 0 Å². The molecule has 0 fully saturated rings. The molecule has 0 unspecified atom stereocenters. The van der Waals surface area contributed by atoms with Crippen molar-refractivity contribution >= 4 is 11.0 Å². The zero-order valence-corrected chi connectivity index (χ0v) is 11.2. The number of ether oxygens (including phenoxy) is 1. The Bertz CT molecular complexity index is 879. The van der Waals surface area contributed by atoms with Gasteiger partial charge in [-0.1, -0.05) is 0 Å². The predicted octanol–water partition coefficient (Wildman–Crippen LogP) is 2.88. The van der Waals surface area contributed by atoms with Gasteiger partial charge in [-0.2, -0.15) is 0 Å². The van der Waals surface area contributed by atoms with E-state index < -0.39 is 5.63 Å². The molecule has 5 heteroatoms. The van der Waals surface area contributed by atoms with E-state index in [1.165, 1.54) is 25.3 Å². The Kier molecular flexibility index (Phi) is 3.02. The molecule has 1 aromatic heterocycles.